The topological polar surface area (TPSA) is 56.4 Å². The number of halogens is 1. The first-order valence-corrected chi connectivity index (χ1v) is 11.6. The van der Waals surface area contributed by atoms with Gasteiger partial charge in [0.05, 0.1) is 12.2 Å². The van der Waals surface area contributed by atoms with Gasteiger partial charge >= 0.3 is 0 Å². The van der Waals surface area contributed by atoms with Crippen LogP contribution in [0.4, 0.5) is 0 Å². The summed E-state index contributed by atoms with van der Waals surface area (Å²) in [4.78, 5) is 34.3. The van der Waals surface area contributed by atoms with Gasteiger partial charge in [-0.3, -0.25) is 9.59 Å². The molecule has 0 saturated carbocycles. The van der Waals surface area contributed by atoms with Crippen molar-refractivity contribution in [3.63, 3.8) is 0 Å². The fourth-order valence-corrected chi connectivity index (χ4v) is 5.39. The molecule has 2 atom stereocenters. The van der Waals surface area contributed by atoms with Gasteiger partial charge in [0.25, 0.3) is 5.91 Å². The first kappa shape index (κ1) is 21.1. The lowest BCUT2D eigenvalue weighted by molar-refractivity contribution is -0.166. The van der Waals surface area contributed by atoms with Gasteiger partial charge in [-0.25, -0.2) is 0 Å². The van der Waals surface area contributed by atoms with Gasteiger partial charge in [-0.2, -0.15) is 0 Å². The summed E-state index contributed by atoms with van der Waals surface area (Å²) < 4.78 is 0. The highest BCUT2D eigenvalue weighted by atomic mass is 35.5. The van der Waals surface area contributed by atoms with Crippen molar-refractivity contribution in [2.75, 3.05) is 19.6 Å². The van der Waals surface area contributed by atoms with E-state index in [1.54, 1.807) is 9.80 Å². The summed E-state index contributed by atoms with van der Waals surface area (Å²) in [6.07, 6.45) is 0.877. The molecule has 0 unspecified atom stereocenters. The number of para-hydroxylation sites is 1. The minimum absolute atomic E-state index is 0.000104. The number of hydrogen-bond acceptors (Lipinski definition) is 2. The highest BCUT2D eigenvalue weighted by Gasteiger charge is 2.56. The zero-order valence-electron chi connectivity index (χ0n) is 18.7. The van der Waals surface area contributed by atoms with Crippen molar-refractivity contribution < 1.29 is 9.59 Å². The number of nitrogens with one attached hydrogen (secondary N) is 1. The summed E-state index contributed by atoms with van der Waals surface area (Å²) >= 11 is 6.15. The Kier molecular flexibility index (Phi) is 5.05. The number of benzene rings is 2. The van der Waals surface area contributed by atoms with Gasteiger partial charge in [0.2, 0.25) is 5.91 Å². The number of rotatable bonds is 4. The van der Waals surface area contributed by atoms with Crippen LogP contribution in [0.25, 0.3) is 10.9 Å². The number of piperazine rings is 1. The van der Waals surface area contributed by atoms with E-state index in [2.05, 4.69) is 24.9 Å². The summed E-state index contributed by atoms with van der Waals surface area (Å²) in [5, 5.41) is 1.78. The zero-order valence-corrected chi connectivity index (χ0v) is 19.4. The number of carbonyl (C=O) groups is 2. The summed E-state index contributed by atoms with van der Waals surface area (Å²) in [6.45, 7) is 7.39. The van der Waals surface area contributed by atoms with Gasteiger partial charge in [-0.15, -0.1) is 0 Å². The van der Waals surface area contributed by atoms with E-state index >= 15 is 0 Å². The standard InChI is InChI=1S/C26H28ClN3O2/c1-16(2)12-13-29-15-22(31)30-14-20(17-8-10-18(27)11-9-17)23-19-6-4-5-7-21(19)28-24(23)26(30,3)25(29)32/h4-11,16,20,28H,12-15H2,1-3H3/t20-,26-/m0/s1. The lowest BCUT2D eigenvalue weighted by Crippen LogP contribution is -2.67. The van der Waals surface area contributed by atoms with Crippen molar-refractivity contribution in [1.29, 1.82) is 0 Å². The van der Waals surface area contributed by atoms with Gasteiger partial charge in [0, 0.05) is 34.9 Å². The lowest BCUT2D eigenvalue weighted by atomic mass is 9.76. The minimum Gasteiger partial charge on any atom is -0.356 e. The lowest BCUT2D eigenvalue weighted by Gasteiger charge is -2.51. The molecule has 0 aliphatic carbocycles. The normalized spacial score (nSPS) is 23.1. The molecule has 0 spiro atoms. The van der Waals surface area contributed by atoms with Crippen LogP contribution < -0.4 is 0 Å². The first-order valence-electron chi connectivity index (χ1n) is 11.3. The molecule has 1 aromatic heterocycles. The Hall–Kier alpha value is -2.79. The van der Waals surface area contributed by atoms with Crippen LogP contribution in [0.15, 0.2) is 48.5 Å². The molecule has 166 valence electrons. The molecule has 0 bridgehead atoms. The van der Waals surface area contributed by atoms with Crippen LogP contribution in [0.3, 0.4) is 0 Å². The van der Waals surface area contributed by atoms with E-state index in [0.29, 0.717) is 24.0 Å². The number of H-pyrrole nitrogens is 1. The van der Waals surface area contributed by atoms with Crippen LogP contribution >= 0.6 is 11.6 Å². The fraction of sp³-hybridized carbons (Fsp3) is 0.385. The zero-order chi connectivity index (χ0) is 22.6. The Labute approximate surface area is 193 Å². The number of aromatic amines is 1. The van der Waals surface area contributed by atoms with Crippen molar-refractivity contribution in [2.45, 2.75) is 38.6 Å². The van der Waals surface area contributed by atoms with Gasteiger partial charge in [-0.05, 0) is 48.6 Å². The van der Waals surface area contributed by atoms with Crippen LogP contribution in [0.5, 0.6) is 0 Å². The minimum atomic E-state index is -1.04. The van der Waals surface area contributed by atoms with Crippen molar-refractivity contribution in [3.05, 3.63) is 70.4 Å². The quantitative estimate of drug-likeness (QED) is 0.616. The number of aromatic nitrogens is 1. The van der Waals surface area contributed by atoms with Crippen molar-refractivity contribution >= 4 is 34.3 Å². The molecular formula is C26H28ClN3O2. The Bertz CT molecular complexity index is 1200. The maximum atomic E-state index is 13.9. The van der Waals surface area contributed by atoms with Crippen LogP contribution in [0.1, 0.15) is 49.9 Å². The third-order valence-electron chi connectivity index (χ3n) is 7.07. The largest absolute Gasteiger partial charge is 0.356 e. The Balaban J connectivity index is 1.69. The predicted molar refractivity (Wildman–Crippen MR) is 127 cm³/mol. The number of nitrogens with zero attached hydrogens (tertiary/aromatic N) is 2. The number of fused-ring (bicyclic) bond motifs is 5. The van der Waals surface area contributed by atoms with Gasteiger partial charge in [0.1, 0.15) is 0 Å². The summed E-state index contributed by atoms with van der Waals surface area (Å²) in [6, 6.07) is 16.0. The molecule has 0 radical (unpaired) electrons. The van der Waals surface area contributed by atoms with E-state index in [1.165, 1.54) is 0 Å². The van der Waals surface area contributed by atoms with E-state index in [-0.39, 0.29) is 24.3 Å². The molecular weight excluding hydrogens is 422 g/mol. The highest BCUT2D eigenvalue weighted by molar-refractivity contribution is 6.30. The summed E-state index contributed by atoms with van der Waals surface area (Å²) in [5.74, 6) is 0.428. The van der Waals surface area contributed by atoms with Crippen LogP contribution in [0.2, 0.25) is 5.02 Å². The molecule has 2 aliphatic heterocycles. The number of hydrogen-bond donors (Lipinski definition) is 1. The average molecular weight is 450 g/mol. The molecule has 2 amide bonds. The first-order chi connectivity index (χ1) is 15.3. The van der Waals surface area contributed by atoms with Crippen LogP contribution in [-0.4, -0.2) is 46.2 Å². The predicted octanol–water partition coefficient (Wildman–Crippen LogP) is 4.90. The fourth-order valence-electron chi connectivity index (χ4n) is 5.26. The average Bonchev–Trinajstić information content (AvgIpc) is 3.17. The second-order valence-corrected chi connectivity index (χ2v) is 9.99. The summed E-state index contributed by atoms with van der Waals surface area (Å²) in [7, 11) is 0. The highest BCUT2D eigenvalue weighted by Crippen LogP contribution is 2.48. The monoisotopic (exact) mass is 449 g/mol. The van der Waals surface area contributed by atoms with Crippen LogP contribution in [-0.2, 0) is 15.1 Å². The Morgan fingerprint density at radius 2 is 1.84 bits per heavy atom. The molecule has 32 heavy (non-hydrogen) atoms. The third kappa shape index (κ3) is 3.14. The van der Waals surface area contributed by atoms with Crippen molar-refractivity contribution in [2.24, 2.45) is 5.92 Å². The van der Waals surface area contributed by atoms with Crippen LogP contribution in [0, 0.1) is 5.92 Å². The van der Waals surface area contributed by atoms with E-state index in [1.807, 2.05) is 49.4 Å². The van der Waals surface area contributed by atoms with Gasteiger partial charge in [-0.1, -0.05) is 55.8 Å². The van der Waals surface area contributed by atoms with Crippen molar-refractivity contribution in [1.82, 2.24) is 14.8 Å². The molecule has 1 N–H and O–H groups in total. The number of carbonyl (C=O) groups excluding carboxylic acids is 2. The number of amides is 2. The molecule has 1 saturated heterocycles. The molecule has 3 heterocycles. The smallest absolute Gasteiger partial charge is 0.254 e. The van der Waals surface area contributed by atoms with E-state index < -0.39 is 5.54 Å². The van der Waals surface area contributed by atoms with Crippen molar-refractivity contribution in [3.8, 4) is 0 Å². The molecule has 6 heteroatoms. The van der Waals surface area contributed by atoms with E-state index in [9.17, 15) is 9.59 Å². The summed E-state index contributed by atoms with van der Waals surface area (Å²) in [5.41, 5.74) is 2.97. The second kappa shape index (κ2) is 7.66. The molecule has 2 aliphatic rings. The Morgan fingerprint density at radius 1 is 1.12 bits per heavy atom. The molecule has 3 aromatic rings. The maximum Gasteiger partial charge on any atom is 0.254 e. The molecule has 1 fully saturated rings. The molecule has 5 nitrogen and oxygen atoms in total. The maximum absolute atomic E-state index is 13.9. The second-order valence-electron chi connectivity index (χ2n) is 9.55. The van der Waals surface area contributed by atoms with Gasteiger partial charge < -0.3 is 14.8 Å². The molecule has 5 rings (SSSR count). The third-order valence-corrected chi connectivity index (χ3v) is 7.32. The van der Waals surface area contributed by atoms with E-state index in [0.717, 1.165) is 34.1 Å². The van der Waals surface area contributed by atoms with E-state index in [4.69, 9.17) is 11.6 Å². The van der Waals surface area contributed by atoms with Gasteiger partial charge in [0.15, 0.2) is 5.54 Å². The SMILES string of the molecule is CC(C)CCN1CC(=O)N2C[C@@H](c3ccc(Cl)cc3)c3c([nH]c4ccccc34)[C@@]2(C)C1=O. The molecule has 2 aromatic carbocycles. The Morgan fingerprint density at radius 3 is 2.56 bits per heavy atom.